The Morgan fingerprint density at radius 3 is 2.50 bits per heavy atom. The van der Waals surface area contributed by atoms with Gasteiger partial charge in [-0.15, -0.1) is 0 Å². The van der Waals surface area contributed by atoms with Gasteiger partial charge in [-0.1, -0.05) is 24.3 Å². The van der Waals surface area contributed by atoms with Gasteiger partial charge in [0.1, 0.15) is 12.6 Å². The maximum absolute atomic E-state index is 13.2. The minimum absolute atomic E-state index is 0.0988. The number of likely N-dealkylation sites (tertiary alicyclic amines) is 1. The van der Waals surface area contributed by atoms with Crippen LogP contribution >= 0.6 is 0 Å². The van der Waals surface area contributed by atoms with Crippen LogP contribution in [0.2, 0.25) is 0 Å². The first-order chi connectivity index (χ1) is 13.5. The van der Waals surface area contributed by atoms with Crippen LogP contribution in [0.4, 0.5) is 10.5 Å². The summed E-state index contributed by atoms with van der Waals surface area (Å²) < 4.78 is 10.2. The molecular weight excluding hydrogens is 360 g/mol. The Labute approximate surface area is 161 Å². The van der Waals surface area contributed by atoms with Gasteiger partial charge < -0.3 is 14.4 Å². The van der Waals surface area contributed by atoms with Crippen molar-refractivity contribution in [3.8, 4) is 0 Å². The van der Waals surface area contributed by atoms with Crippen LogP contribution in [0.3, 0.4) is 0 Å². The first-order valence-corrected chi connectivity index (χ1v) is 9.49. The van der Waals surface area contributed by atoms with E-state index in [0.717, 1.165) is 16.5 Å². The molecular formula is C21H20N2O5. The number of carbonyl (C=O) groups excluding carboxylic acids is 3. The summed E-state index contributed by atoms with van der Waals surface area (Å²) in [5.74, 6) is -0.238. The number of piperidine rings is 1. The predicted molar refractivity (Wildman–Crippen MR) is 101 cm³/mol. The summed E-state index contributed by atoms with van der Waals surface area (Å²) in [6.07, 6.45) is 0.448. The van der Waals surface area contributed by atoms with Crippen molar-refractivity contribution in [3.05, 3.63) is 42.0 Å². The van der Waals surface area contributed by atoms with Crippen LogP contribution in [0.15, 0.2) is 36.4 Å². The molecule has 1 atom stereocenters. The fourth-order valence-electron chi connectivity index (χ4n) is 4.51. The molecule has 3 heterocycles. The van der Waals surface area contributed by atoms with E-state index in [1.807, 2.05) is 36.4 Å². The number of benzene rings is 2. The van der Waals surface area contributed by atoms with Gasteiger partial charge in [0.25, 0.3) is 5.91 Å². The Hall–Kier alpha value is -3.09. The van der Waals surface area contributed by atoms with Crippen molar-refractivity contribution in [2.45, 2.75) is 31.4 Å². The number of cyclic esters (lactones) is 1. The first-order valence-electron chi connectivity index (χ1n) is 9.49. The quantitative estimate of drug-likeness (QED) is 0.749. The number of rotatable bonds is 2. The minimum Gasteiger partial charge on any atom is -0.430 e. The van der Waals surface area contributed by atoms with Crippen molar-refractivity contribution >= 4 is 34.4 Å². The molecule has 144 valence electrons. The Kier molecular flexibility index (Phi) is 3.62. The molecule has 0 radical (unpaired) electrons. The van der Waals surface area contributed by atoms with E-state index in [9.17, 15) is 14.4 Å². The Morgan fingerprint density at radius 1 is 1.11 bits per heavy atom. The van der Waals surface area contributed by atoms with E-state index in [-0.39, 0.29) is 18.4 Å². The molecule has 2 fully saturated rings. The fourth-order valence-corrected chi connectivity index (χ4v) is 4.51. The van der Waals surface area contributed by atoms with Crippen molar-refractivity contribution in [2.24, 2.45) is 0 Å². The largest absolute Gasteiger partial charge is 0.509 e. The number of ether oxygens (including phenoxy) is 2. The molecule has 1 spiro atoms. The monoisotopic (exact) mass is 380 g/mol. The zero-order chi connectivity index (χ0) is 19.5. The highest BCUT2D eigenvalue weighted by molar-refractivity contribution is 6.26. The third kappa shape index (κ3) is 2.38. The summed E-state index contributed by atoms with van der Waals surface area (Å²) in [7, 11) is 0. The Morgan fingerprint density at radius 2 is 1.82 bits per heavy atom. The molecule has 3 aliphatic heterocycles. The molecule has 7 heteroatoms. The van der Waals surface area contributed by atoms with E-state index in [0.29, 0.717) is 31.5 Å². The summed E-state index contributed by atoms with van der Waals surface area (Å²) in [5, 5.41) is 1.90. The third-order valence-corrected chi connectivity index (χ3v) is 6.08. The van der Waals surface area contributed by atoms with Crippen molar-refractivity contribution in [1.29, 1.82) is 0 Å². The number of anilines is 1. The molecule has 2 saturated heterocycles. The smallest absolute Gasteiger partial charge is 0.430 e. The topological polar surface area (TPSA) is 76.2 Å². The lowest BCUT2D eigenvalue weighted by Crippen LogP contribution is -2.54. The molecule has 2 aromatic carbocycles. The van der Waals surface area contributed by atoms with E-state index in [1.165, 1.54) is 0 Å². The van der Waals surface area contributed by atoms with Crippen LogP contribution in [-0.2, 0) is 14.3 Å². The Balaban J connectivity index is 1.37. The van der Waals surface area contributed by atoms with Gasteiger partial charge in [-0.05, 0) is 24.4 Å². The highest BCUT2D eigenvalue weighted by Crippen LogP contribution is 2.39. The average Bonchev–Trinajstić information content (AvgIpc) is 3.21. The zero-order valence-electron chi connectivity index (χ0n) is 15.5. The molecule has 2 aromatic rings. The molecule has 5 rings (SSSR count). The Bertz CT molecular complexity index is 1000. The molecule has 0 saturated carbocycles. The summed E-state index contributed by atoms with van der Waals surface area (Å²) in [6.45, 7) is 2.96. The molecule has 0 N–H and O–H groups in total. The molecule has 0 bridgehead atoms. The zero-order valence-corrected chi connectivity index (χ0v) is 15.5. The number of carbonyl (C=O) groups is 3. The minimum atomic E-state index is -0.637. The summed E-state index contributed by atoms with van der Waals surface area (Å²) in [6, 6.07) is 10.8. The molecule has 0 aromatic heterocycles. The second-order valence-electron chi connectivity index (χ2n) is 7.68. The van der Waals surface area contributed by atoms with Gasteiger partial charge in [0, 0.05) is 36.9 Å². The second-order valence-corrected chi connectivity index (χ2v) is 7.68. The number of hydrogen-bond donors (Lipinski definition) is 0. The van der Waals surface area contributed by atoms with Crippen LogP contribution in [0, 0.1) is 0 Å². The average molecular weight is 380 g/mol. The van der Waals surface area contributed by atoms with Crippen molar-refractivity contribution in [1.82, 2.24) is 4.90 Å². The molecule has 1 unspecified atom stereocenters. The van der Waals surface area contributed by atoms with Gasteiger partial charge in [-0.3, -0.25) is 14.5 Å². The van der Waals surface area contributed by atoms with Crippen molar-refractivity contribution in [3.63, 3.8) is 0 Å². The van der Waals surface area contributed by atoms with E-state index < -0.39 is 17.8 Å². The molecule has 0 aliphatic carbocycles. The maximum atomic E-state index is 13.2. The molecule has 7 nitrogen and oxygen atoms in total. The molecule has 2 amide bonds. The molecule has 28 heavy (non-hydrogen) atoms. The van der Waals surface area contributed by atoms with Gasteiger partial charge in [-0.2, -0.15) is 0 Å². The number of amides is 2. The second kappa shape index (κ2) is 5.95. The summed E-state index contributed by atoms with van der Waals surface area (Å²) >= 11 is 0. The van der Waals surface area contributed by atoms with Gasteiger partial charge in [0.2, 0.25) is 5.91 Å². The van der Waals surface area contributed by atoms with Gasteiger partial charge in [0.15, 0.2) is 5.60 Å². The third-order valence-electron chi connectivity index (χ3n) is 6.08. The molecule has 3 aliphatic rings. The van der Waals surface area contributed by atoms with Crippen LogP contribution < -0.4 is 4.90 Å². The maximum Gasteiger partial charge on any atom is 0.509 e. The van der Waals surface area contributed by atoms with E-state index in [2.05, 4.69) is 0 Å². The number of hydrogen-bond acceptors (Lipinski definition) is 5. The standard InChI is InChI=1S/C21H20N2O5/c1-13(18(24)22-10-8-21(9-11-22)12-27-20(26)28-21)23-16-7-3-5-14-4-2-6-15(17(14)16)19(23)25/h2-7,13H,8-12H2,1H3. The van der Waals surface area contributed by atoms with Gasteiger partial charge >= 0.3 is 6.16 Å². The van der Waals surface area contributed by atoms with Crippen molar-refractivity contribution in [2.75, 3.05) is 24.6 Å². The lowest BCUT2D eigenvalue weighted by molar-refractivity contribution is -0.135. The van der Waals surface area contributed by atoms with Crippen LogP contribution in [0.25, 0.3) is 10.8 Å². The fraction of sp³-hybridized carbons (Fsp3) is 0.381. The normalized spacial score (nSPS) is 21.2. The SMILES string of the molecule is CC(C(=O)N1CCC2(CC1)COC(=O)O2)N1C(=O)c2cccc3cccc1c23. The van der Waals surface area contributed by atoms with Crippen LogP contribution in [0.5, 0.6) is 0 Å². The van der Waals surface area contributed by atoms with E-state index in [1.54, 1.807) is 16.7 Å². The lowest BCUT2D eigenvalue weighted by atomic mass is 9.92. The highest BCUT2D eigenvalue weighted by Gasteiger charge is 2.46. The predicted octanol–water partition coefficient (Wildman–Crippen LogP) is 2.72. The van der Waals surface area contributed by atoms with Gasteiger partial charge in [0.05, 0.1) is 5.69 Å². The summed E-state index contributed by atoms with van der Waals surface area (Å²) in [4.78, 5) is 40.8. The van der Waals surface area contributed by atoms with E-state index >= 15 is 0 Å². The first kappa shape index (κ1) is 17.0. The van der Waals surface area contributed by atoms with Crippen LogP contribution in [0.1, 0.15) is 30.1 Å². The number of nitrogens with zero attached hydrogens (tertiary/aromatic N) is 2. The van der Waals surface area contributed by atoms with Crippen molar-refractivity contribution < 1.29 is 23.9 Å². The lowest BCUT2D eigenvalue weighted by Gasteiger charge is -2.38. The van der Waals surface area contributed by atoms with Crippen LogP contribution in [-0.4, -0.2) is 54.2 Å². The van der Waals surface area contributed by atoms with E-state index in [4.69, 9.17) is 9.47 Å². The van der Waals surface area contributed by atoms with Gasteiger partial charge in [-0.25, -0.2) is 4.79 Å². The highest BCUT2D eigenvalue weighted by atomic mass is 16.8. The summed E-state index contributed by atoms with van der Waals surface area (Å²) in [5.41, 5.74) is 0.813.